The Kier molecular flexibility index (Phi) is 143. The Balaban J connectivity index is 0. The maximum absolute atomic E-state index is 0. The van der Waals surface area contributed by atoms with Crippen molar-refractivity contribution in [1.82, 2.24) is 0 Å². The van der Waals surface area contributed by atoms with Crippen molar-refractivity contribution >= 4 is 27.3 Å². The minimum absolute atomic E-state index is 0. The van der Waals surface area contributed by atoms with E-state index in [1.807, 2.05) is 0 Å². The average Bonchev–Trinajstić information content (AvgIpc) is 0. The summed E-state index contributed by atoms with van der Waals surface area (Å²) in [6.07, 6.45) is 0. The van der Waals surface area contributed by atoms with Crippen LogP contribution in [0.2, 0.25) is 0 Å². The fourth-order valence-corrected chi connectivity index (χ4v) is 0. The Hall–Kier alpha value is 2.45. The van der Waals surface area contributed by atoms with Gasteiger partial charge in [0.25, 0.3) is 0 Å². The third-order valence-electron chi connectivity index (χ3n) is 0. The summed E-state index contributed by atoms with van der Waals surface area (Å²) in [6.45, 7) is 0. The van der Waals surface area contributed by atoms with Crippen LogP contribution in [0.1, 0.15) is 0 Å². The molecule has 0 fully saturated rings. The van der Waals surface area contributed by atoms with Gasteiger partial charge in [-0.25, -0.2) is 0 Å². The van der Waals surface area contributed by atoms with Crippen LogP contribution in [-0.4, -0.2) is 27.3 Å². The normalized spacial score (nSPS) is 0. The third-order valence-corrected chi connectivity index (χ3v) is 0. The van der Waals surface area contributed by atoms with Gasteiger partial charge in [-0.1, -0.05) is 0 Å². The van der Waals surface area contributed by atoms with Crippen LogP contribution < -0.4 is 0 Å². The summed E-state index contributed by atoms with van der Waals surface area (Å²) in [5, 5.41) is 0. The Labute approximate surface area is 76.9 Å². The summed E-state index contributed by atoms with van der Waals surface area (Å²) in [6, 6.07) is 0. The first-order valence-corrected chi connectivity index (χ1v) is 0. The van der Waals surface area contributed by atoms with E-state index >= 15 is 0 Å². The molecule has 0 aliphatic rings. The smallest absolute Gasteiger partial charge is 0 e. The molecule has 0 aromatic heterocycles. The van der Waals surface area contributed by atoms with Crippen LogP contribution in [0.5, 0.6) is 0 Å². The van der Waals surface area contributed by atoms with Crippen molar-refractivity contribution in [2.45, 2.75) is 0 Å². The monoisotopic (exact) mass is 385 g/mol. The van der Waals surface area contributed by atoms with E-state index in [2.05, 4.69) is 0 Å². The van der Waals surface area contributed by atoms with E-state index in [0.717, 1.165) is 0 Å². The van der Waals surface area contributed by atoms with Gasteiger partial charge in [0.2, 0.25) is 0 Å². The summed E-state index contributed by atoms with van der Waals surface area (Å²) in [7, 11) is 0. The van der Waals surface area contributed by atoms with Crippen LogP contribution in [-0.2, 0) is 50.6 Å². The topological polar surface area (TPSA) is 0 Å². The number of hydrogen-bond acceptors (Lipinski definition) is 0. The molecular weight excluding hydrogens is 385 g/mol. The fourth-order valence-electron chi connectivity index (χ4n) is 0. The van der Waals surface area contributed by atoms with Gasteiger partial charge in [-0.3, -0.25) is 0 Å². The molecule has 0 unspecified atom stereocenters. The van der Waals surface area contributed by atoms with E-state index in [0.29, 0.717) is 0 Å². The number of hydrogen-bond donors (Lipinski definition) is 0. The largest absolute Gasteiger partial charge is 0 e. The van der Waals surface area contributed by atoms with Crippen molar-refractivity contribution < 1.29 is 50.6 Å². The molecule has 0 amide bonds. The van der Waals surface area contributed by atoms with Gasteiger partial charge in [0.1, 0.15) is 0 Å². The molecule has 0 spiro atoms. The molecule has 0 saturated heterocycles. The van der Waals surface area contributed by atoms with Crippen LogP contribution in [0.4, 0.5) is 0 Å². The third kappa shape index (κ3) is 8.82. The second kappa shape index (κ2) is 18.0. The van der Waals surface area contributed by atoms with Gasteiger partial charge in [-0.05, 0) is 0 Å². The Morgan fingerprint density at radius 1 is 1.00 bits per heavy atom. The van der Waals surface area contributed by atoms with Gasteiger partial charge >= 0.3 is 0 Å². The second-order valence-electron chi connectivity index (χ2n) is 0. The molecule has 0 atom stereocenters. The summed E-state index contributed by atoms with van der Waals surface area (Å²) >= 11 is 0. The zero-order valence-electron chi connectivity index (χ0n) is 1.47. The van der Waals surface area contributed by atoms with Gasteiger partial charge < -0.3 is 0 Å². The van der Waals surface area contributed by atoms with Crippen molar-refractivity contribution in [2.75, 3.05) is 0 Å². The first-order chi connectivity index (χ1) is 0. The molecule has 0 heterocycles. The van der Waals surface area contributed by atoms with Gasteiger partial charge in [0, 0.05) is 77.9 Å². The molecule has 0 aromatic carbocycles. The molecule has 0 nitrogen and oxygen atoms in total. The molecular formula is CuFeNiPb. The first-order valence-electron chi connectivity index (χ1n) is 0. The van der Waals surface area contributed by atoms with Crippen molar-refractivity contribution in [3.63, 3.8) is 0 Å². The van der Waals surface area contributed by atoms with Crippen molar-refractivity contribution in [2.24, 2.45) is 0 Å². The SMILES string of the molecule is [Cu].[Fe].[Ni].[Pb]. The van der Waals surface area contributed by atoms with E-state index in [1.165, 1.54) is 0 Å². The Morgan fingerprint density at radius 3 is 1.00 bits per heavy atom. The predicted octanol–water partition coefficient (Wildman–Crippen LogP) is -0.388. The van der Waals surface area contributed by atoms with Gasteiger partial charge in [-0.2, -0.15) is 0 Å². The fraction of sp³-hybridized carbons (Fsp3) is 0. The second-order valence-corrected chi connectivity index (χ2v) is 0. The maximum atomic E-state index is 0. The van der Waals surface area contributed by atoms with Crippen LogP contribution in [0.15, 0.2) is 0 Å². The molecule has 0 aliphatic heterocycles. The molecule has 5 radical (unpaired) electrons. The quantitative estimate of drug-likeness (QED) is 0.499. The predicted molar refractivity (Wildman–Crippen MR) is 5.75 cm³/mol. The van der Waals surface area contributed by atoms with Crippen molar-refractivity contribution in [1.29, 1.82) is 0 Å². The summed E-state index contributed by atoms with van der Waals surface area (Å²) < 4.78 is 0. The molecule has 0 aliphatic carbocycles. The Bertz CT molecular complexity index is 8.00. The molecule has 0 aromatic rings. The van der Waals surface area contributed by atoms with Crippen LogP contribution >= 0.6 is 0 Å². The molecule has 0 N–H and O–H groups in total. The average molecular weight is 385 g/mol. The Morgan fingerprint density at radius 2 is 1.00 bits per heavy atom. The summed E-state index contributed by atoms with van der Waals surface area (Å²) in [5.74, 6) is 0. The van der Waals surface area contributed by atoms with E-state index in [1.54, 1.807) is 0 Å². The molecule has 0 bridgehead atoms. The first kappa shape index (κ1) is 31.9. The van der Waals surface area contributed by atoms with Crippen molar-refractivity contribution in [3.05, 3.63) is 0 Å². The van der Waals surface area contributed by atoms with Crippen LogP contribution in [0.3, 0.4) is 0 Å². The number of rotatable bonds is 0. The molecule has 33 valence electrons. The van der Waals surface area contributed by atoms with E-state index < -0.39 is 0 Å². The van der Waals surface area contributed by atoms with Crippen molar-refractivity contribution in [3.8, 4) is 0 Å². The minimum atomic E-state index is 0. The van der Waals surface area contributed by atoms with E-state index in [-0.39, 0.29) is 77.9 Å². The van der Waals surface area contributed by atoms with E-state index in [9.17, 15) is 0 Å². The molecule has 0 rings (SSSR count). The minimum Gasteiger partial charge on any atom is 0 e. The zero-order chi connectivity index (χ0) is 0. The standard InChI is InChI=1S/Cu.Fe.Ni.Pb. The van der Waals surface area contributed by atoms with Gasteiger partial charge in [0.15, 0.2) is 0 Å². The van der Waals surface area contributed by atoms with Crippen LogP contribution in [0, 0.1) is 0 Å². The van der Waals surface area contributed by atoms with Gasteiger partial charge in [-0.15, -0.1) is 0 Å². The van der Waals surface area contributed by atoms with Crippen LogP contribution in [0.25, 0.3) is 0 Å². The molecule has 4 heavy (non-hydrogen) atoms. The molecule has 4 heteroatoms. The summed E-state index contributed by atoms with van der Waals surface area (Å²) in [5.41, 5.74) is 0. The molecule has 0 saturated carbocycles. The summed E-state index contributed by atoms with van der Waals surface area (Å²) in [4.78, 5) is 0. The van der Waals surface area contributed by atoms with Gasteiger partial charge in [0.05, 0.1) is 0 Å². The van der Waals surface area contributed by atoms with E-state index in [4.69, 9.17) is 0 Å². The maximum Gasteiger partial charge on any atom is 0 e. The zero-order valence-corrected chi connectivity index (χ0v) is 8.39.